The first-order chi connectivity index (χ1) is 58.7. The fourth-order valence-electron chi connectivity index (χ4n) is 21.2. The molecule has 0 fully saturated rings. The minimum atomic E-state index is -0.316. The molecule has 6 aliphatic rings. The Labute approximate surface area is 722 Å². The molecule has 22 rings (SSSR count). The van der Waals surface area contributed by atoms with Crippen LogP contribution in [0.2, 0.25) is 0 Å². The molecule has 0 saturated heterocycles. The number of benzene rings is 14. The van der Waals surface area contributed by atoms with Crippen molar-refractivity contribution in [3.05, 3.63) is 359 Å². The highest BCUT2D eigenvalue weighted by atomic mass is 32.1. The summed E-state index contributed by atoms with van der Waals surface area (Å²) in [7, 11) is 0. The molecule has 16 aromatic rings. The number of para-hydroxylation sites is 4. The molecular weight excluding hydrogens is 1500 g/mol. The summed E-state index contributed by atoms with van der Waals surface area (Å²) >= 11 is 4.19. The third kappa shape index (κ3) is 12.2. The van der Waals surface area contributed by atoms with Crippen molar-refractivity contribution in [2.45, 2.75) is 149 Å². The fourth-order valence-corrected chi connectivity index (χ4v) is 24.3. The molecule has 0 radical (unpaired) electrons. The summed E-state index contributed by atoms with van der Waals surface area (Å²) in [5.41, 5.74) is 34.8. The van der Waals surface area contributed by atoms with E-state index in [-0.39, 0.29) is 41.0 Å². The van der Waals surface area contributed by atoms with Gasteiger partial charge < -0.3 is 29.4 Å². The second-order valence-electron chi connectivity index (χ2n) is 38.1. The van der Waals surface area contributed by atoms with Crippen LogP contribution in [0.3, 0.4) is 0 Å². The molecule has 2 aliphatic carbocycles. The standard InChI is InChI=1S/C111H100B2N6S2/c1-108(2,3)73-53-57-81(58-54-73)114(91-49-30-35-71-33-24-26-45-85(71)91)83-62-64-90-94(70-83)117(78-39-18-13-19-40-78)96-66-76(110(7,8)9)68-98-103(96)113(90)107-105(119(98)80-43-22-15-23-44-80)101-88(48-32-52-100(101)121-107)111(10,11)74-55-59-82(60-56-74)115(92-50-31-36-72-34-25-27-46-86(72)92)84-61-63-89-93(69-84)116(77-37-16-12-17-38-77)95-65-75(109(4,5)6)67-97-102(95)112(89)106-104(87-47-28-29-51-99(87)120-106)118(97)79-41-20-14-21-42-79/h12-27,30-31,33-46,49-50,53-70,88H,28-29,32,47-48,51-52H2,1-11H3. The predicted molar refractivity (Wildman–Crippen MR) is 523 cm³/mol. The van der Waals surface area contributed by atoms with Crippen molar-refractivity contribution >= 4 is 191 Å². The normalized spacial score (nSPS) is 15.1. The van der Waals surface area contributed by atoms with Crippen LogP contribution in [0.4, 0.5) is 102 Å². The number of anilines is 18. The van der Waals surface area contributed by atoms with Gasteiger partial charge in [-0.2, -0.15) is 22.7 Å². The average Bonchev–Trinajstić information content (AvgIpc) is 1.66. The summed E-state index contributed by atoms with van der Waals surface area (Å²) in [6, 6.07) is 121. The molecule has 2 aromatic heterocycles. The van der Waals surface area contributed by atoms with Gasteiger partial charge >= 0.3 is 0 Å². The van der Waals surface area contributed by atoms with E-state index in [9.17, 15) is 0 Å². The van der Waals surface area contributed by atoms with Crippen LogP contribution in [0.25, 0.3) is 21.5 Å². The molecule has 0 bridgehead atoms. The number of fused-ring (bicyclic) bond motifs is 14. The van der Waals surface area contributed by atoms with E-state index in [1.165, 1.54) is 155 Å². The molecule has 6 heterocycles. The zero-order valence-corrected chi connectivity index (χ0v) is 72.8. The van der Waals surface area contributed by atoms with Crippen LogP contribution >= 0.6 is 22.7 Å². The van der Waals surface area contributed by atoms with E-state index >= 15 is 0 Å². The SMILES string of the molecule is CC(C)(C)c1ccc(N(c2ccc3c(c2)N(c2ccccc2)c2cc(C(C)(C)C)cc4c2B3c2sc3c(c2N4c2ccccc2)C(C(C)(C)c2ccc(N(c4ccc5c(c4)N(c4ccccc4)c4cc(C(C)(C)C)cc6c4B5c4sc5c(c4N6c4ccccc4)CCCC5)c4cccc5ccccc45)cc2)CCC3)c2cccc3ccccc23)cc1. The molecule has 0 amide bonds. The van der Waals surface area contributed by atoms with Crippen molar-refractivity contribution in [2.75, 3.05) is 29.4 Å². The van der Waals surface area contributed by atoms with Crippen molar-refractivity contribution in [1.82, 2.24) is 0 Å². The van der Waals surface area contributed by atoms with E-state index < -0.39 is 0 Å². The van der Waals surface area contributed by atoms with E-state index in [1.807, 2.05) is 0 Å². The lowest BCUT2D eigenvalue weighted by molar-refractivity contribution is 0.370. The largest absolute Gasteiger partial charge is 0.311 e. The molecule has 0 saturated carbocycles. The highest BCUT2D eigenvalue weighted by Gasteiger charge is 2.52. The summed E-state index contributed by atoms with van der Waals surface area (Å²) in [6.45, 7) is 26.4. The summed E-state index contributed by atoms with van der Waals surface area (Å²) in [4.78, 5) is 18.8. The van der Waals surface area contributed by atoms with E-state index in [0.717, 1.165) is 77.6 Å². The highest BCUT2D eigenvalue weighted by molar-refractivity contribution is 7.30. The Kier molecular flexibility index (Phi) is 17.7. The van der Waals surface area contributed by atoms with Gasteiger partial charge in [-0.1, -0.05) is 258 Å². The molecule has 1 unspecified atom stereocenters. The second-order valence-corrected chi connectivity index (χ2v) is 40.4. The minimum absolute atomic E-state index is 0.00289. The number of hydrogen-bond donors (Lipinski definition) is 0. The molecule has 592 valence electrons. The van der Waals surface area contributed by atoms with Crippen LogP contribution in [0, 0.1) is 0 Å². The monoisotopic (exact) mass is 1600 g/mol. The van der Waals surface area contributed by atoms with E-state index in [0.29, 0.717) is 0 Å². The average molecular weight is 1600 g/mol. The molecule has 0 spiro atoms. The molecule has 10 heteroatoms. The van der Waals surface area contributed by atoms with Gasteiger partial charge in [-0.15, -0.1) is 0 Å². The second kappa shape index (κ2) is 28.5. The summed E-state index contributed by atoms with van der Waals surface area (Å²) in [5.74, 6) is 0.181. The van der Waals surface area contributed by atoms with E-state index in [4.69, 9.17) is 0 Å². The van der Waals surface area contributed by atoms with Gasteiger partial charge in [-0.25, -0.2) is 0 Å². The highest BCUT2D eigenvalue weighted by Crippen LogP contribution is 2.58. The van der Waals surface area contributed by atoms with Gasteiger partial charge in [0.1, 0.15) is 0 Å². The lowest BCUT2D eigenvalue weighted by Crippen LogP contribution is -2.60. The summed E-state index contributed by atoms with van der Waals surface area (Å²) in [6.07, 6.45) is 7.90. The molecule has 121 heavy (non-hydrogen) atoms. The quantitative estimate of drug-likeness (QED) is 0.113. The Morgan fingerprint density at radius 2 is 0.686 bits per heavy atom. The topological polar surface area (TPSA) is 19.4 Å². The number of hydrogen-bond acceptors (Lipinski definition) is 8. The van der Waals surface area contributed by atoms with E-state index in [2.05, 4.69) is 444 Å². The maximum Gasteiger partial charge on any atom is 0.264 e. The number of aryl methyl sites for hydroxylation is 2. The third-order valence-corrected chi connectivity index (χ3v) is 30.1. The molecule has 1 atom stereocenters. The van der Waals surface area contributed by atoms with Crippen LogP contribution in [-0.4, -0.2) is 13.4 Å². The van der Waals surface area contributed by atoms with Crippen LogP contribution in [0.15, 0.2) is 315 Å². The number of thiophene rings is 2. The Morgan fingerprint density at radius 3 is 1.15 bits per heavy atom. The Balaban J connectivity index is 0.708. The van der Waals surface area contributed by atoms with Crippen LogP contribution in [0.1, 0.15) is 151 Å². The van der Waals surface area contributed by atoms with Crippen LogP contribution in [0.5, 0.6) is 0 Å². The summed E-state index contributed by atoms with van der Waals surface area (Å²) in [5, 5.41) is 4.85. The molecule has 0 N–H and O–H groups in total. The van der Waals surface area contributed by atoms with Crippen molar-refractivity contribution in [2.24, 2.45) is 0 Å². The van der Waals surface area contributed by atoms with Crippen LogP contribution < -0.4 is 60.8 Å². The summed E-state index contributed by atoms with van der Waals surface area (Å²) < 4.78 is 2.90. The molecular formula is C111H100B2N6S2. The van der Waals surface area contributed by atoms with Crippen molar-refractivity contribution < 1.29 is 0 Å². The molecule has 14 aromatic carbocycles. The smallest absolute Gasteiger partial charge is 0.264 e. The lowest BCUT2D eigenvalue weighted by atomic mass is 9.36. The van der Waals surface area contributed by atoms with Gasteiger partial charge in [0.15, 0.2) is 0 Å². The van der Waals surface area contributed by atoms with Crippen molar-refractivity contribution in [1.29, 1.82) is 0 Å². The third-order valence-electron chi connectivity index (χ3n) is 27.4. The van der Waals surface area contributed by atoms with Gasteiger partial charge in [-0.3, -0.25) is 0 Å². The first-order valence-corrected chi connectivity index (χ1v) is 45.5. The van der Waals surface area contributed by atoms with Crippen LogP contribution in [-0.2, 0) is 40.9 Å². The lowest BCUT2D eigenvalue weighted by Gasteiger charge is -2.46. The number of nitrogens with zero attached hydrogens (tertiary/aromatic N) is 6. The Hall–Kier alpha value is -12.1. The first kappa shape index (κ1) is 75.2. The Morgan fingerprint density at radius 1 is 0.314 bits per heavy atom. The van der Waals surface area contributed by atoms with Crippen molar-refractivity contribution in [3.63, 3.8) is 0 Å². The minimum Gasteiger partial charge on any atom is -0.311 e. The fraction of sp³-hybridized carbons (Fsp3) is 0.207. The first-order valence-electron chi connectivity index (χ1n) is 43.8. The van der Waals surface area contributed by atoms with Gasteiger partial charge in [0.2, 0.25) is 0 Å². The van der Waals surface area contributed by atoms with Crippen molar-refractivity contribution in [3.8, 4) is 0 Å². The van der Waals surface area contributed by atoms with Gasteiger partial charge in [0, 0.05) is 110 Å². The maximum absolute atomic E-state index is 2.74. The van der Waals surface area contributed by atoms with Gasteiger partial charge in [-0.05, 0) is 272 Å². The predicted octanol–water partition coefficient (Wildman–Crippen LogP) is 27.4. The number of rotatable bonds is 12. The zero-order valence-electron chi connectivity index (χ0n) is 71.2. The van der Waals surface area contributed by atoms with Gasteiger partial charge in [0.25, 0.3) is 13.4 Å². The Bertz CT molecular complexity index is 6760. The molecule has 4 aliphatic heterocycles. The van der Waals surface area contributed by atoms with Gasteiger partial charge in [0.05, 0.1) is 22.7 Å². The zero-order chi connectivity index (χ0) is 82.1. The molecule has 6 nitrogen and oxygen atoms in total. The maximum atomic E-state index is 2.74. The van der Waals surface area contributed by atoms with E-state index in [1.54, 1.807) is 10.4 Å².